The topological polar surface area (TPSA) is 75.6 Å². The molecule has 0 bridgehead atoms. The fourth-order valence-electron chi connectivity index (χ4n) is 2.56. The van der Waals surface area contributed by atoms with E-state index in [-0.39, 0.29) is 16.5 Å². The van der Waals surface area contributed by atoms with E-state index in [1.165, 1.54) is 43.3 Å². The van der Waals surface area contributed by atoms with Crippen molar-refractivity contribution in [1.29, 1.82) is 0 Å². The number of carbonyl (C=O) groups is 1. The summed E-state index contributed by atoms with van der Waals surface area (Å²) in [5, 5.41) is 2.96. The lowest BCUT2D eigenvalue weighted by atomic mass is 10.1. The van der Waals surface area contributed by atoms with Gasteiger partial charge in [0.1, 0.15) is 5.82 Å². The number of aryl methyl sites for hydroxylation is 1. The molecule has 29 heavy (non-hydrogen) atoms. The highest BCUT2D eigenvalue weighted by Gasteiger charge is 2.16. The predicted octanol–water partition coefficient (Wildman–Crippen LogP) is 4.58. The van der Waals surface area contributed by atoms with Crippen LogP contribution in [-0.4, -0.2) is 20.0 Å². The van der Waals surface area contributed by atoms with Crippen LogP contribution in [0.15, 0.2) is 82.1 Å². The van der Waals surface area contributed by atoms with Crippen LogP contribution in [0.4, 0.5) is 10.1 Å². The maximum Gasteiger partial charge on any atom is 0.284 e. The molecule has 0 saturated carbocycles. The minimum atomic E-state index is -4.00. The molecule has 3 aromatic carbocycles. The number of benzene rings is 3. The second-order valence-electron chi connectivity index (χ2n) is 6.49. The number of anilines is 1. The number of ketones is 1. The molecule has 0 spiro atoms. The number of sulfonamides is 1. The van der Waals surface area contributed by atoms with Crippen molar-refractivity contribution in [2.24, 2.45) is 4.40 Å². The Morgan fingerprint density at radius 1 is 0.862 bits per heavy atom. The van der Waals surface area contributed by atoms with Gasteiger partial charge in [-0.3, -0.25) is 4.79 Å². The Hall–Kier alpha value is -3.32. The minimum absolute atomic E-state index is 0.0427. The Morgan fingerprint density at radius 2 is 1.41 bits per heavy atom. The van der Waals surface area contributed by atoms with Crippen LogP contribution in [0.2, 0.25) is 0 Å². The minimum Gasteiger partial charge on any atom is -0.339 e. The van der Waals surface area contributed by atoms with Crippen LogP contribution in [0.5, 0.6) is 0 Å². The number of halogens is 1. The van der Waals surface area contributed by atoms with Gasteiger partial charge in [0.15, 0.2) is 11.6 Å². The first kappa shape index (κ1) is 20.4. The molecule has 3 rings (SSSR count). The fraction of sp³-hybridized carbons (Fsp3) is 0.0909. The largest absolute Gasteiger partial charge is 0.339 e. The highest BCUT2D eigenvalue weighted by Crippen LogP contribution is 2.18. The molecule has 0 atom stereocenters. The molecule has 3 aromatic rings. The van der Waals surface area contributed by atoms with Gasteiger partial charge in [-0.15, -0.1) is 4.40 Å². The highest BCUT2D eigenvalue weighted by molar-refractivity contribution is 7.90. The lowest BCUT2D eigenvalue weighted by Gasteiger charge is -2.11. The summed E-state index contributed by atoms with van der Waals surface area (Å²) < 4.78 is 42.8. The summed E-state index contributed by atoms with van der Waals surface area (Å²) >= 11 is 0. The maximum absolute atomic E-state index is 13.3. The van der Waals surface area contributed by atoms with Crippen molar-refractivity contribution < 1.29 is 17.6 Å². The van der Waals surface area contributed by atoms with Crippen molar-refractivity contribution in [3.63, 3.8) is 0 Å². The van der Waals surface area contributed by atoms with E-state index < -0.39 is 15.8 Å². The predicted molar refractivity (Wildman–Crippen MR) is 111 cm³/mol. The summed E-state index contributed by atoms with van der Waals surface area (Å²) in [4.78, 5) is 11.5. The van der Waals surface area contributed by atoms with E-state index in [0.29, 0.717) is 16.8 Å². The van der Waals surface area contributed by atoms with E-state index in [1.54, 1.807) is 36.4 Å². The number of carbonyl (C=O) groups excluding carboxylic acids is 1. The first-order chi connectivity index (χ1) is 13.7. The molecule has 148 valence electrons. The Balaban J connectivity index is 2.02. The number of nitrogens with zero attached hydrogens (tertiary/aromatic N) is 1. The van der Waals surface area contributed by atoms with E-state index in [0.717, 1.165) is 5.56 Å². The third-order valence-corrected chi connectivity index (χ3v) is 5.49. The maximum atomic E-state index is 13.3. The van der Waals surface area contributed by atoms with Gasteiger partial charge >= 0.3 is 0 Å². The smallest absolute Gasteiger partial charge is 0.284 e. The summed E-state index contributed by atoms with van der Waals surface area (Å²) in [6.07, 6.45) is 0. The van der Waals surface area contributed by atoms with Crippen LogP contribution in [0.3, 0.4) is 0 Å². The molecule has 0 radical (unpaired) electrons. The molecule has 0 unspecified atom stereocenters. The Labute approximate surface area is 169 Å². The second-order valence-corrected chi connectivity index (χ2v) is 8.10. The van der Waals surface area contributed by atoms with Crippen LogP contribution >= 0.6 is 0 Å². The van der Waals surface area contributed by atoms with Gasteiger partial charge in [0.2, 0.25) is 0 Å². The molecule has 0 aliphatic rings. The molecular formula is C22H19FN2O3S. The number of amidine groups is 1. The molecule has 1 N–H and O–H groups in total. The Bertz CT molecular complexity index is 1150. The van der Waals surface area contributed by atoms with Crippen molar-refractivity contribution in [3.05, 3.63) is 95.3 Å². The average molecular weight is 410 g/mol. The fourth-order valence-corrected chi connectivity index (χ4v) is 3.54. The molecule has 0 aromatic heterocycles. The molecule has 0 fully saturated rings. The van der Waals surface area contributed by atoms with E-state index in [9.17, 15) is 17.6 Å². The molecule has 0 saturated heterocycles. The van der Waals surface area contributed by atoms with Gasteiger partial charge in [0.25, 0.3) is 10.0 Å². The monoisotopic (exact) mass is 410 g/mol. The van der Waals surface area contributed by atoms with E-state index in [4.69, 9.17) is 0 Å². The number of nitrogens with one attached hydrogen (secondary N) is 1. The normalized spacial score (nSPS) is 11.9. The summed E-state index contributed by atoms with van der Waals surface area (Å²) in [6.45, 7) is 3.32. The molecule has 0 amide bonds. The summed E-state index contributed by atoms with van der Waals surface area (Å²) in [5.41, 5.74) is 2.40. The third-order valence-electron chi connectivity index (χ3n) is 4.20. The first-order valence-corrected chi connectivity index (χ1v) is 10.2. The quantitative estimate of drug-likeness (QED) is 0.379. The van der Waals surface area contributed by atoms with Gasteiger partial charge in [-0.2, -0.15) is 8.42 Å². The van der Waals surface area contributed by atoms with E-state index >= 15 is 0 Å². The zero-order valence-electron chi connectivity index (χ0n) is 15.9. The summed E-state index contributed by atoms with van der Waals surface area (Å²) in [7, 11) is -4.00. The SMILES string of the molecule is CC(=O)c1ccc(N/C(=N/S(=O)(=O)c2ccc(C)cc2)c2ccc(F)cc2)cc1. The van der Waals surface area contributed by atoms with Crippen molar-refractivity contribution in [1.82, 2.24) is 0 Å². The number of hydrogen-bond donors (Lipinski definition) is 1. The van der Waals surface area contributed by atoms with E-state index in [1.807, 2.05) is 6.92 Å². The molecule has 0 heterocycles. The van der Waals surface area contributed by atoms with Gasteiger partial charge < -0.3 is 5.32 Å². The third kappa shape index (κ3) is 5.14. The van der Waals surface area contributed by atoms with Crippen LogP contribution in [0.25, 0.3) is 0 Å². The van der Waals surface area contributed by atoms with Crippen LogP contribution in [0.1, 0.15) is 28.4 Å². The molecular weight excluding hydrogens is 391 g/mol. The number of rotatable bonds is 5. The second kappa shape index (κ2) is 8.36. The zero-order chi connectivity index (χ0) is 21.0. The molecule has 0 aliphatic carbocycles. The van der Waals surface area contributed by atoms with Gasteiger partial charge in [0, 0.05) is 16.8 Å². The van der Waals surface area contributed by atoms with E-state index in [2.05, 4.69) is 9.71 Å². The Kier molecular flexibility index (Phi) is 5.89. The van der Waals surface area contributed by atoms with Crippen LogP contribution < -0.4 is 5.32 Å². The van der Waals surface area contributed by atoms with Gasteiger partial charge in [-0.05, 0) is 74.5 Å². The van der Waals surface area contributed by atoms with Gasteiger partial charge in [0.05, 0.1) is 4.90 Å². The van der Waals surface area contributed by atoms with Crippen molar-refractivity contribution >= 4 is 27.3 Å². The number of hydrogen-bond acceptors (Lipinski definition) is 3. The number of Topliss-reactive ketones (excluding diaryl/α,β-unsaturated/α-hetero) is 1. The summed E-state index contributed by atoms with van der Waals surface area (Å²) in [6, 6.07) is 18.2. The lowest BCUT2D eigenvalue weighted by Crippen LogP contribution is -2.16. The van der Waals surface area contributed by atoms with Crippen LogP contribution in [0, 0.1) is 12.7 Å². The van der Waals surface area contributed by atoms with Gasteiger partial charge in [-0.1, -0.05) is 17.7 Å². The van der Waals surface area contributed by atoms with Crippen molar-refractivity contribution in [2.75, 3.05) is 5.32 Å². The molecule has 7 heteroatoms. The summed E-state index contributed by atoms with van der Waals surface area (Å²) in [5.74, 6) is -0.479. The standard InChI is InChI=1S/C22H19FN2O3S/c1-15-3-13-21(14-4-15)29(27,28)25-22(18-5-9-19(23)10-6-18)24-20-11-7-17(8-12-20)16(2)26/h3-14H,1-2H3,(H,24,25). The van der Waals surface area contributed by atoms with Crippen LogP contribution in [-0.2, 0) is 10.0 Å². The Morgan fingerprint density at radius 3 is 1.97 bits per heavy atom. The lowest BCUT2D eigenvalue weighted by molar-refractivity contribution is 0.101. The molecule has 0 aliphatic heterocycles. The molecule has 5 nitrogen and oxygen atoms in total. The highest BCUT2D eigenvalue weighted by atomic mass is 32.2. The average Bonchev–Trinajstić information content (AvgIpc) is 2.68. The first-order valence-electron chi connectivity index (χ1n) is 8.80. The van der Waals surface area contributed by atoms with Gasteiger partial charge in [-0.25, -0.2) is 4.39 Å². The zero-order valence-corrected chi connectivity index (χ0v) is 16.7. The van der Waals surface area contributed by atoms with Crippen molar-refractivity contribution in [3.8, 4) is 0 Å². The van der Waals surface area contributed by atoms with Crippen molar-refractivity contribution in [2.45, 2.75) is 18.7 Å².